The van der Waals surface area contributed by atoms with E-state index in [0.29, 0.717) is 6.42 Å². The fourth-order valence-electron chi connectivity index (χ4n) is 3.29. The van der Waals surface area contributed by atoms with E-state index in [9.17, 15) is 9.90 Å². The first-order valence-corrected chi connectivity index (χ1v) is 10.7. The molecule has 0 amide bonds. The van der Waals surface area contributed by atoms with Crippen molar-refractivity contribution in [1.82, 2.24) is 0 Å². The Morgan fingerprint density at radius 1 is 0.800 bits per heavy atom. The van der Waals surface area contributed by atoms with Crippen molar-refractivity contribution in [2.45, 2.75) is 117 Å². The van der Waals surface area contributed by atoms with Crippen molar-refractivity contribution in [3.8, 4) is 0 Å². The second kappa shape index (κ2) is 16.9. The van der Waals surface area contributed by atoms with Gasteiger partial charge in [0.2, 0.25) is 0 Å². The molecule has 3 nitrogen and oxygen atoms in total. The molecule has 3 atom stereocenters. The van der Waals surface area contributed by atoms with Crippen molar-refractivity contribution >= 4 is 5.97 Å². The van der Waals surface area contributed by atoms with Crippen LogP contribution < -0.4 is 0 Å². The molecule has 25 heavy (non-hydrogen) atoms. The maximum atomic E-state index is 11.0. The molecule has 0 aliphatic rings. The minimum atomic E-state index is -0.535. The maximum Gasteiger partial charge on any atom is 0.308 e. The van der Waals surface area contributed by atoms with Gasteiger partial charge in [0.15, 0.2) is 0 Å². The number of hydrogen-bond acceptors (Lipinski definition) is 3. The first-order chi connectivity index (χ1) is 12.0. The zero-order valence-corrected chi connectivity index (χ0v) is 17.4. The molecule has 0 spiro atoms. The van der Waals surface area contributed by atoms with E-state index in [1.807, 2.05) is 0 Å². The predicted octanol–water partition coefficient (Wildman–Crippen LogP) is 6.27. The predicted molar refractivity (Wildman–Crippen MR) is 107 cm³/mol. The average molecular weight is 357 g/mol. The van der Waals surface area contributed by atoms with E-state index in [0.717, 1.165) is 24.7 Å². The smallest absolute Gasteiger partial charge is 0.308 e. The molecular weight excluding hydrogens is 312 g/mol. The zero-order chi connectivity index (χ0) is 18.9. The number of ether oxygens (including phenoxy) is 1. The highest BCUT2D eigenvalue weighted by molar-refractivity contribution is 5.69. The zero-order valence-electron chi connectivity index (χ0n) is 17.4. The third kappa shape index (κ3) is 16.6. The number of carbonyl (C=O) groups excluding carboxylic acids is 1. The van der Waals surface area contributed by atoms with E-state index in [4.69, 9.17) is 0 Å². The Kier molecular flexibility index (Phi) is 16.5. The standard InChI is InChI=1S/C22H44O3/c1-5-19(2)14-10-6-7-11-15-20(3)16-12-8-9-13-17-21(23)18-22(24)25-4/h19-21,23H,5-18H2,1-4H3. The monoisotopic (exact) mass is 356 g/mol. The van der Waals surface area contributed by atoms with Gasteiger partial charge in [-0.05, 0) is 18.3 Å². The van der Waals surface area contributed by atoms with Gasteiger partial charge in [0.05, 0.1) is 19.6 Å². The van der Waals surface area contributed by atoms with Gasteiger partial charge in [0.25, 0.3) is 0 Å². The summed E-state index contributed by atoms with van der Waals surface area (Å²) in [4.78, 5) is 11.0. The van der Waals surface area contributed by atoms with Gasteiger partial charge in [0.1, 0.15) is 0 Å². The fraction of sp³-hybridized carbons (Fsp3) is 0.955. The van der Waals surface area contributed by atoms with Crippen molar-refractivity contribution in [3.63, 3.8) is 0 Å². The van der Waals surface area contributed by atoms with Gasteiger partial charge in [-0.1, -0.05) is 97.8 Å². The van der Waals surface area contributed by atoms with Crippen LogP contribution >= 0.6 is 0 Å². The van der Waals surface area contributed by atoms with Gasteiger partial charge in [0, 0.05) is 0 Å². The van der Waals surface area contributed by atoms with E-state index >= 15 is 0 Å². The Labute approximate surface area is 156 Å². The summed E-state index contributed by atoms with van der Waals surface area (Å²) in [5.74, 6) is 1.43. The van der Waals surface area contributed by atoms with Crippen molar-refractivity contribution in [1.29, 1.82) is 0 Å². The van der Waals surface area contributed by atoms with Crippen LogP contribution in [0.3, 0.4) is 0 Å². The van der Waals surface area contributed by atoms with Crippen LogP contribution in [0.15, 0.2) is 0 Å². The maximum absolute atomic E-state index is 11.0. The molecule has 0 aromatic carbocycles. The van der Waals surface area contributed by atoms with Gasteiger partial charge >= 0.3 is 5.97 Å². The topological polar surface area (TPSA) is 46.5 Å². The summed E-state index contributed by atoms with van der Waals surface area (Å²) in [6, 6.07) is 0. The van der Waals surface area contributed by atoms with Crippen LogP contribution in [0.2, 0.25) is 0 Å². The van der Waals surface area contributed by atoms with Crippen LogP contribution in [-0.4, -0.2) is 24.3 Å². The van der Waals surface area contributed by atoms with Crippen LogP contribution in [0.25, 0.3) is 0 Å². The molecule has 150 valence electrons. The molecule has 0 bridgehead atoms. The van der Waals surface area contributed by atoms with E-state index in [-0.39, 0.29) is 12.4 Å². The number of aliphatic hydroxyl groups is 1. The molecule has 0 aliphatic heterocycles. The Hall–Kier alpha value is -0.570. The van der Waals surface area contributed by atoms with Crippen LogP contribution in [0.5, 0.6) is 0 Å². The van der Waals surface area contributed by atoms with Crippen molar-refractivity contribution in [2.75, 3.05) is 7.11 Å². The largest absolute Gasteiger partial charge is 0.469 e. The van der Waals surface area contributed by atoms with Gasteiger partial charge in [-0.25, -0.2) is 0 Å². The van der Waals surface area contributed by atoms with Crippen molar-refractivity contribution in [2.24, 2.45) is 11.8 Å². The van der Waals surface area contributed by atoms with Gasteiger partial charge < -0.3 is 9.84 Å². The van der Waals surface area contributed by atoms with E-state index in [2.05, 4.69) is 25.5 Å². The lowest BCUT2D eigenvalue weighted by Gasteiger charge is -2.12. The van der Waals surface area contributed by atoms with Crippen molar-refractivity contribution in [3.05, 3.63) is 0 Å². The molecule has 0 rings (SSSR count). The highest BCUT2D eigenvalue weighted by Crippen LogP contribution is 2.19. The molecule has 0 aliphatic carbocycles. The number of rotatable bonds is 17. The molecule has 0 fully saturated rings. The normalized spacial score (nSPS) is 14.9. The minimum absolute atomic E-state index is 0.130. The summed E-state index contributed by atoms with van der Waals surface area (Å²) in [7, 11) is 1.36. The summed E-state index contributed by atoms with van der Waals surface area (Å²) in [5, 5.41) is 9.70. The van der Waals surface area contributed by atoms with E-state index in [1.165, 1.54) is 71.3 Å². The number of aliphatic hydroxyl groups excluding tert-OH is 1. The molecule has 0 aromatic heterocycles. The number of esters is 1. The summed E-state index contributed by atoms with van der Waals surface area (Å²) >= 11 is 0. The lowest BCUT2D eigenvalue weighted by atomic mass is 9.95. The average Bonchev–Trinajstić information content (AvgIpc) is 2.60. The number of hydrogen-bond donors (Lipinski definition) is 1. The Bertz CT molecular complexity index is 304. The first-order valence-electron chi connectivity index (χ1n) is 10.7. The lowest BCUT2D eigenvalue weighted by molar-refractivity contribution is -0.142. The van der Waals surface area contributed by atoms with Gasteiger partial charge in [-0.3, -0.25) is 4.79 Å². The van der Waals surface area contributed by atoms with Crippen molar-refractivity contribution < 1.29 is 14.6 Å². The highest BCUT2D eigenvalue weighted by Gasteiger charge is 2.10. The Morgan fingerprint density at radius 2 is 1.24 bits per heavy atom. The van der Waals surface area contributed by atoms with Crippen LogP contribution in [-0.2, 0) is 9.53 Å². The molecule has 3 heteroatoms. The van der Waals surface area contributed by atoms with Crippen LogP contribution in [0.4, 0.5) is 0 Å². The highest BCUT2D eigenvalue weighted by atomic mass is 16.5. The van der Waals surface area contributed by atoms with Gasteiger partial charge in [-0.15, -0.1) is 0 Å². The molecule has 1 N–H and O–H groups in total. The fourth-order valence-corrected chi connectivity index (χ4v) is 3.29. The molecular formula is C22H44O3. The minimum Gasteiger partial charge on any atom is -0.469 e. The molecule has 0 aromatic rings. The van der Waals surface area contributed by atoms with Crippen LogP contribution in [0, 0.1) is 11.8 Å². The second-order valence-electron chi connectivity index (χ2n) is 8.04. The third-order valence-corrected chi connectivity index (χ3v) is 5.46. The molecule has 0 saturated heterocycles. The molecule has 0 radical (unpaired) electrons. The Balaban J connectivity index is 3.35. The molecule has 0 heterocycles. The van der Waals surface area contributed by atoms with E-state index < -0.39 is 6.10 Å². The Morgan fingerprint density at radius 3 is 1.68 bits per heavy atom. The lowest BCUT2D eigenvalue weighted by Crippen LogP contribution is -2.14. The number of unbranched alkanes of at least 4 members (excludes halogenated alkanes) is 6. The third-order valence-electron chi connectivity index (χ3n) is 5.46. The van der Waals surface area contributed by atoms with E-state index in [1.54, 1.807) is 0 Å². The second-order valence-corrected chi connectivity index (χ2v) is 8.04. The van der Waals surface area contributed by atoms with Crippen LogP contribution in [0.1, 0.15) is 111 Å². The number of carbonyl (C=O) groups is 1. The summed E-state index contributed by atoms with van der Waals surface area (Å²) in [6.07, 6.45) is 16.0. The molecule has 3 unspecified atom stereocenters. The summed E-state index contributed by atoms with van der Waals surface area (Å²) in [6.45, 7) is 7.04. The first kappa shape index (κ1) is 24.4. The SMILES string of the molecule is CCC(C)CCCCCCC(C)CCCCCCC(O)CC(=O)OC. The molecule has 0 saturated carbocycles. The quantitative estimate of drug-likeness (QED) is 0.247. The number of methoxy groups -OCH3 is 1. The summed E-state index contributed by atoms with van der Waals surface area (Å²) in [5.41, 5.74) is 0. The van der Waals surface area contributed by atoms with Gasteiger partial charge in [-0.2, -0.15) is 0 Å². The summed E-state index contributed by atoms with van der Waals surface area (Å²) < 4.78 is 4.56.